The zero-order valence-corrected chi connectivity index (χ0v) is 14.1. The van der Waals surface area contributed by atoms with Crippen LogP contribution in [0.4, 0.5) is 24.5 Å². The first-order valence-electron chi connectivity index (χ1n) is 6.86. The Morgan fingerprint density at radius 1 is 1.21 bits per heavy atom. The molecule has 1 amide bonds. The highest BCUT2D eigenvalue weighted by molar-refractivity contribution is 8.00. The van der Waals surface area contributed by atoms with E-state index in [-0.39, 0.29) is 10.7 Å². The van der Waals surface area contributed by atoms with Gasteiger partial charge in [-0.25, -0.2) is 0 Å². The standard InChI is InChI=1S/C16H14ClF3N2OS/c1-9(24-12-5-3-11(21)4-6-12)15(23)22-14-7-2-10(17)8-13(14)16(18,19)20/h2-9H,21H2,1H3,(H,22,23). The summed E-state index contributed by atoms with van der Waals surface area (Å²) in [5, 5.41) is 1.67. The number of thioether (sulfide) groups is 1. The summed E-state index contributed by atoms with van der Waals surface area (Å²) in [5.74, 6) is -0.537. The van der Waals surface area contributed by atoms with Crippen molar-refractivity contribution in [1.82, 2.24) is 0 Å². The van der Waals surface area contributed by atoms with Crippen LogP contribution in [-0.4, -0.2) is 11.2 Å². The molecule has 24 heavy (non-hydrogen) atoms. The van der Waals surface area contributed by atoms with E-state index < -0.39 is 22.9 Å². The van der Waals surface area contributed by atoms with Crippen LogP contribution in [-0.2, 0) is 11.0 Å². The molecule has 2 rings (SSSR count). The van der Waals surface area contributed by atoms with Gasteiger partial charge in [-0.3, -0.25) is 4.79 Å². The fourth-order valence-electron chi connectivity index (χ4n) is 1.90. The minimum Gasteiger partial charge on any atom is -0.399 e. The van der Waals surface area contributed by atoms with E-state index in [0.717, 1.165) is 17.0 Å². The summed E-state index contributed by atoms with van der Waals surface area (Å²) >= 11 is 6.84. The molecule has 0 aliphatic carbocycles. The summed E-state index contributed by atoms with van der Waals surface area (Å²) in [4.78, 5) is 13.0. The van der Waals surface area contributed by atoms with Gasteiger partial charge in [0, 0.05) is 15.6 Å². The van der Waals surface area contributed by atoms with Crippen LogP contribution in [0.3, 0.4) is 0 Å². The van der Waals surface area contributed by atoms with Gasteiger partial charge in [-0.2, -0.15) is 13.2 Å². The second kappa shape index (κ2) is 7.36. The largest absolute Gasteiger partial charge is 0.418 e. The predicted octanol–water partition coefficient (Wildman–Crippen LogP) is 5.06. The highest BCUT2D eigenvalue weighted by Gasteiger charge is 2.34. The molecular weight excluding hydrogens is 361 g/mol. The van der Waals surface area contributed by atoms with Gasteiger partial charge in [0.25, 0.3) is 0 Å². The quantitative estimate of drug-likeness (QED) is 0.581. The summed E-state index contributed by atoms with van der Waals surface area (Å²) in [6.45, 7) is 1.61. The molecular formula is C16H14ClF3N2OS. The molecule has 0 heterocycles. The number of rotatable bonds is 4. The smallest absolute Gasteiger partial charge is 0.399 e. The van der Waals surface area contributed by atoms with Gasteiger partial charge in [-0.15, -0.1) is 11.8 Å². The minimum atomic E-state index is -4.61. The number of benzene rings is 2. The minimum absolute atomic E-state index is 0.0513. The van der Waals surface area contributed by atoms with Gasteiger partial charge in [-0.1, -0.05) is 11.6 Å². The molecule has 2 aromatic carbocycles. The highest BCUT2D eigenvalue weighted by atomic mass is 35.5. The van der Waals surface area contributed by atoms with E-state index in [2.05, 4.69) is 5.32 Å². The molecule has 0 aliphatic rings. The fraction of sp³-hybridized carbons (Fsp3) is 0.188. The van der Waals surface area contributed by atoms with Crippen molar-refractivity contribution in [2.75, 3.05) is 11.1 Å². The van der Waals surface area contributed by atoms with Gasteiger partial charge >= 0.3 is 6.18 Å². The third kappa shape index (κ3) is 4.82. The van der Waals surface area contributed by atoms with Crippen LogP contribution in [0.1, 0.15) is 12.5 Å². The van der Waals surface area contributed by atoms with E-state index in [1.807, 2.05) is 0 Å². The summed E-state index contributed by atoms with van der Waals surface area (Å²) in [6.07, 6.45) is -4.61. The van der Waals surface area contributed by atoms with Crippen LogP contribution in [0.15, 0.2) is 47.4 Å². The number of anilines is 2. The van der Waals surface area contributed by atoms with Crippen LogP contribution in [0, 0.1) is 0 Å². The molecule has 0 fully saturated rings. The van der Waals surface area contributed by atoms with Crippen LogP contribution >= 0.6 is 23.4 Å². The van der Waals surface area contributed by atoms with Gasteiger partial charge in [0.1, 0.15) is 0 Å². The van der Waals surface area contributed by atoms with E-state index in [9.17, 15) is 18.0 Å². The number of amides is 1. The lowest BCUT2D eigenvalue weighted by atomic mass is 10.1. The van der Waals surface area contributed by atoms with Crippen molar-refractivity contribution in [3.05, 3.63) is 53.1 Å². The average molecular weight is 375 g/mol. The van der Waals surface area contributed by atoms with Gasteiger partial charge in [0.2, 0.25) is 5.91 Å². The molecule has 2 aromatic rings. The number of carbonyl (C=O) groups excluding carboxylic acids is 1. The molecule has 0 spiro atoms. The maximum atomic E-state index is 13.0. The monoisotopic (exact) mass is 374 g/mol. The molecule has 1 atom stereocenters. The molecule has 8 heteroatoms. The molecule has 3 N–H and O–H groups in total. The molecule has 128 valence electrons. The van der Waals surface area contributed by atoms with Gasteiger partial charge < -0.3 is 11.1 Å². The Labute approximate surface area is 146 Å². The lowest BCUT2D eigenvalue weighted by molar-refractivity contribution is -0.137. The third-order valence-corrected chi connectivity index (χ3v) is 4.45. The van der Waals surface area contributed by atoms with Crippen molar-refractivity contribution in [2.24, 2.45) is 0 Å². The lowest BCUT2D eigenvalue weighted by Crippen LogP contribution is -2.24. The van der Waals surface area contributed by atoms with E-state index in [1.54, 1.807) is 31.2 Å². The molecule has 0 radical (unpaired) electrons. The second-order valence-corrected chi connectivity index (χ2v) is 6.86. The molecule has 0 aromatic heterocycles. The number of alkyl halides is 3. The highest BCUT2D eigenvalue weighted by Crippen LogP contribution is 2.37. The second-order valence-electron chi connectivity index (χ2n) is 5.01. The van der Waals surface area contributed by atoms with Crippen LogP contribution < -0.4 is 11.1 Å². The SMILES string of the molecule is CC(Sc1ccc(N)cc1)C(=O)Nc1ccc(Cl)cc1C(F)(F)F. The Balaban J connectivity index is 2.13. The van der Waals surface area contributed by atoms with Crippen molar-refractivity contribution in [3.63, 3.8) is 0 Å². The Morgan fingerprint density at radius 3 is 2.42 bits per heavy atom. The Kier molecular flexibility index (Phi) is 5.66. The molecule has 0 saturated carbocycles. The van der Waals surface area contributed by atoms with Crippen molar-refractivity contribution in [2.45, 2.75) is 23.2 Å². The van der Waals surface area contributed by atoms with Crippen LogP contribution in [0.5, 0.6) is 0 Å². The fourth-order valence-corrected chi connectivity index (χ4v) is 2.94. The average Bonchev–Trinajstić information content (AvgIpc) is 2.50. The Morgan fingerprint density at radius 2 is 1.83 bits per heavy atom. The molecule has 0 aliphatic heterocycles. The van der Waals surface area contributed by atoms with Crippen molar-refractivity contribution in [1.29, 1.82) is 0 Å². The summed E-state index contributed by atoms with van der Waals surface area (Å²) < 4.78 is 39.1. The number of nitrogens with one attached hydrogen (secondary N) is 1. The zero-order chi connectivity index (χ0) is 17.9. The lowest BCUT2D eigenvalue weighted by Gasteiger charge is -2.16. The van der Waals surface area contributed by atoms with E-state index >= 15 is 0 Å². The topological polar surface area (TPSA) is 55.1 Å². The van der Waals surface area contributed by atoms with Gasteiger partial charge in [-0.05, 0) is 49.4 Å². The molecule has 1 unspecified atom stereocenters. The molecule has 0 bridgehead atoms. The number of hydrogen-bond acceptors (Lipinski definition) is 3. The van der Waals surface area contributed by atoms with Crippen molar-refractivity contribution >= 4 is 40.6 Å². The van der Waals surface area contributed by atoms with Crippen molar-refractivity contribution in [3.8, 4) is 0 Å². The van der Waals surface area contributed by atoms with E-state index in [1.165, 1.54) is 17.8 Å². The number of nitrogen functional groups attached to an aromatic ring is 1. The van der Waals surface area contributed by atoms with Crippen LogP contribution in [0.2, 0.25) is 5.02 Å². The van der Waals surface area contributed by atoms with Crippen molar-refractivity contribution < 1.29 is 18.0 Å². The molecule has 3 nitrogen and oxygen atoms in total. The number of carbonyl (C=O) groups is 1. The van der Waals surface area contributed by atoms with Crippen LogP contribution in [0.25, 0.3) is 0 Å². The maximum Gasteiger partial charge on any atom is 0.418 e. The van der Waals surface area contributed by atoms with Gasteiger partial charge in [0.15, 0.2) is 0 Å². The Bertz CT molecular complexity index is 735. The summed E-state index contributed by atoms with van der Waals surface area (Å²) in [7, 11) is 0. The first-order valence-corrected chi connectivity index (χ1v) is 8.12. The van der Waals surface area contributed by atoms with E-state index in [4.69, 9.17) is 17.3 Å². The number of halogens is 4. The Hall–Kier alpha value is -1.86. The maximum absolute atomic E-state index is 13.0. The first kappa shape index (κ1) is 18.5. The number of nitrogens with two attached hydrogens (primary N) is 1. The molecule has 0 saturated heterocycles. The predicted molar refractivity (Wildman–Crippen MR) is 91.3 cm³/mol. The summed E-state index contributed by atoms with van der Waals surface area (Å²) in [5.41, 5.74) is 4.88. The first-order chi connectivity index (χ1) is 11.2. The zero-order valence-electron chi connectivity index (χ0n) is 12.5. The normalized spacial score (nSPS) is 12.7. The summed E-state index contributed by atoms with van der Waals surface area (Å²) in [6, 6.07) is 10.1. The third-order valence-electron chi connectivity index (χ3n) is 3.11. The van der Waals surface area contributed by atoms with E-state index in [0.29, 0.717) is 5.69 Å². The van der Waals surface area contributed by atoms with Gasteiger partial charge in [0.05, 0.1) is 16.5 Å². The number of hydrogen-bond donors (Lipinski definition) is 2.